The van der Waals surface area contributed by atoms with Crippen molar-refractivity contribution in [3.8, 4) is 0 Å². The molecule has 1 unspecified atom stereocenters. The highest BCUT2D eigenvalue weighted by molar-refractivity contribution is 8.00. The molecule has 3 amide bonds. The minimum atomic E-state index is -1.04. The zero-order chi connectivity index (χ0) is 33.4. The number of amides is 3. The molecular weight excluding hydrogens is 612 g/mol. The van der Waals surface area contributed by atoms with Crippen molar-refractivity contribution in [2.24, 2.45) is 10.7 Å². The number of imide groups is 1. The third-order valence-electron chi connectivity index (χ3n) is 7.42. The summed E-state index contributed by atoms with van der Waals surface area (Å²) in [6.07, 6.45) is 1.46. The third kappa shape index (κ3) is 15.0. The van der Waals surface area contributed by atoms with Crippen molar-refractivity contribution >= 4 is 53.2 Å². The lowest BCUT2D eigenvalue weighted by Gasteiger charge is -2.32. The van der Waals surface area contributed by atoms with Gasteiger partial charge in [0.25, 0.3) is 0 Å². The van der Waals surface area contributed by atoms with Gasteiger partial charge in [0.2, 0.25) is 17.7 Å². The molecule has 2 fully saturated rings. The number of amidine groups is 1. The highest BCUT2D eigenvalue weighted by Crippen LogP contribution is 2.25. The van der Waals surface area contributed by atoms with Crippen molar-refractivity contribution in [2.75, 3.05) is 104 Å². The molecule has 6 N–H and O–H groups in total. The molecule has 18 heteroatoms. The molecule has 254 valence electrons. The molecule has 0 bridgehead atoms. The van der Waals surface area contributed by atoms with E-state index in [2.05, 4.69) is 10.3 Å². The number of likely N-dealkylation sites (tertiary alicyclic amines) is 1. The van der Waals surface area contributed by atoms with Gasteiger partial charge >= 0.3 is 17.9 Å². The van der Waals surface area contributed by atoms with E-state index >= 15 is 0 Å². The van der Waals surface area contributed by atoms with Crippen LogP contribution in [0.5, 0.6) is 0 Å². The fraction of sp³-hybridized carbons (Fsp3) is 0.741. The first-order valence-electron chi connectivity index (χ1n) is 14.9. The quantitative estimate of drug-likeness (QED) is 0.0488. The maximum absolute atomic E-state index is 12.9. The summed E-state index contributed by atoms with van der Waals surface area (Å²) < 4.78 is 0. The molecule has 1 atom stereocenters. The van der Waals surface area contributed by atoms with E-state index in [0.717, 1.165) is 11.3 Å². The van der Waals surface area contributed by atoms with Crippen molar-refractivity contribution in [1.82, 2.24) is 29.8 Å². The molecular formula is C27H46N8O9S. The minimum absolute atomic E-state index is 0.0432. The Hall–Kier alpha value is -3.32. The number of nitrogens with two attached hydrogens (primary N) is 1. The Morgan fingerprint density at radius 1 is 0.822 bits per heavy atom. The summed E-state index contributed by atoms with van der Waals surface area (Å²) in [6.45, 7) is 1.55. The van der Waals surface area contributed by atoms with Crippen LogP contribution in [0.2, 0.25) is 0 Å². The van der Waals surface area contributed by atoms with E-state index in [9.17, 15) is 44.1 Å². The first kappa shape index (κ1) is 37.9. The molecule has 0 aromatic heterocycles. The number of aliphatic carboxylic acids is 3. The van der Waals surface area contributed by atoms with Crippen molar-refractivity contribution in [2.45, 2.75) is 24.5 Å². The molecule has 17 nitrogen and oxygen atoms in total. The third-order valence-corrected chi connectivity index (χ3v) is 8.71. The average molecular weight is 659 g/mol. The van der Waals surface area contributed by atoms with E-state index in [4.69, 9.17) is 5.73 Å². The Bertz CT molecular complexity index is 1050. The molecule has 0 radical (unpaired) electrons. The van der Waals surface area contributed by atoms with E-state index in [1.807, 2.05) is 0 Å². The Kier molecular flexibility index (Phi) is 16.8. The fourth-order valence-corrected chi connectivity index (χ4v) is 6.09. The number of hydrogen-bond acceptors (Lipinski definition) is 12. The smallest absolute Gasteiger partial charge is 0.317 e. The Morgan fingerprint density at radius 2 is 1.27 bits per heavy atom. The Labute approximate surface area is 266 Å². The number of thioether (sulfide) groups is 1. The molecule has 0 saturated carbocycles. The molecule has 0 aromatic carbocycles. The van der Waals surface area contributed by atoms with Crippen LogP contribution < -0.4 is 11.1 Å². The van der Waals surface area contributed by atoms with E-state index in [0.29, 0.717) is 31.1 Å². The lowest BCUT2D eigenvalue weighted by atomic mass is 10.3. The van der Waals surface area contributed by atoms with Crippen LogP contribution in [0.3, 0.4) is 0 Å². The summed E-state index contributed by atoms with van der Waals surface area (Å²) in [5, 5.41) is 30.3. The van der Waals surface area contributed by atoms with Gasteiger partial charge in [0.1, 0.15) is 0 Å². The zero-order valence-electron chi connectivity index (χ0n) is 25.8. The molecule has 2 rings (SSSR count). The molecule has 45 heavy (non-hydrogen) atoms. The predicted molar refractivity (Wildman–Crippen MR) is 166 cm³/mol. The van der Waals surface area contributed by atoms with Crippen LogP contribution in [0, 0.1) is 0 Å². The first-order chi connectivity index (χ1) is 21.4. The van der Waals surface area contributed by atoms with Crippen LogP contribution >= 0.6 is 11.8 Å². The number of nitrogens with one attached hydrogen (secondary N) is 1. The Morgan fingerprint density at radius 3 is 1.69 bits per heavy atom. The van der Waals surface area contributed by atoms with Gasteiger partial charge in [-0.3, -0.25) is 58.3 Å². The van der Waals surface area contributed by atoms with Gasteiger partial charge in [-0.1, -0.05) is 0 Å². The summed E-state index contributed by atoms with van der Waals surface area (Å²) in [5.74, 6) is -2.84. The molecule has 0 aliphatic carbocycles. The highest BCUT2D eigenvalue weighted by atomic mass is 32.2. The van der Waals surface area contributed by atoms with Gasteiger partial charge < -0.3 is 26.4 Å². The monoisotopic (exact) mass is 658 g/mol. The van der Waals surface area contributed by atoms with Crippen molar-refractivity contribution in [3.63, 3.8) is 0 Å². The van der Waals surface area contributed by atoms with Gasteiger partial charge in [0.05, 0.1) is 37.3 Å². The fourth-order valence-electron chi connectivity index (χ4n) is 4.96. The molecule has 2 saturated heterocycles. The van der Waals surface area contributed by atoms with Gasteiger partial charge in [0.15, 0.2) is 0 Å². The van der Waals surface area contributed by atoms with Crippen LogP contribution in [0.25, 0.3) is 0 Å². The number of carboxylic acids is 3. The van der Waals surface area contributed by atoms with Gasteiger partial charge in [-0.2, -0.15) is 0 Å². The van der Waals surface area contributed by atoms with E-state index < -0.39 is 23.2 Å². The van der Waals surface area contributed by atoms with E-state index in [1.165, 1.54) is 11.8 Å². The summed E-state index contributed by atoms with van der Waals surface area (Å²) in [6, 6.07) is 0. The standard InChI is InChI=1S/C27H46N8O9S/c1-29-21(28)3-2-14-45-20-15-23(37)35(27(20)44)5-4-30-22(36)16-31-6-8-32(17-24(38)39)10-12-34(19-26(42)43)13-11-33(9-7-31)18-25(40)41/h20H,2-19H2,1H3,(H2,28,29)(H,30,36)(H,38,39)(H,40,41)(H,42,43). The van der Waals surface area contributed by atoms with Crippen LogP contribution in [0.1, 0.15) is 19.3 Å². The Balaban J connectivity index is 1.94. The largest absolute Gasteiger partial charge is 0.480 e. The minimum Gasteiger partial charge on any atom is -0.480 e. The van der Waals surface area contributed by atoms with Crippen molar-refractivity contribution in [3.05, 3.63) is 0 Å². The van der Waals surface area contributed by atoms with Crippen LogP contribution in [-0.4, -0.2) is 191 Å². The summed E-state index contributed by atoms with van der Waals surface area (Å²) >= 11 is 1.41. The topological polar surface area (TPSA) is 230 Å². The second-order valence-corrected chi connectivity index (χ2v) is 12.2. The van der Waals surface area contributed by atoms with Gasteiger partial charge in [-0.05, 0) is 12.2 Å². The lowest BCUT2D eigenvalue weighted by molar-refractivity contribution is -0.140. The van der Waals surface area contributed by atoms with E-state index in [1.54, 1.807) is 26.6 Å². The summed E-state index contributed by atoms with van der Waals surface area (Å²) in [7, 11) is 1.61. The molecule has 0 spiro atoms. The number of nitrogens with zero attached hydrogens (tertiary/aromatic N) is 6. The second-order valence-electron chi connectivity index (χ2n) is 10.9. The number of carbonyl (C=O) groups excluding carboxylic acids is 3. The number of aliphatic imine (C=N–C) groups is 1. The van der Waals surface area contributed by atoms with Gasteiger partial charge in [-0.25, -0.2) is 0 Å². The lowest BCUT2D eigenvalue weighted by Crippen LogP contribution is -2.50. The van der Waals surface area contributed by atoms with E-state index in [-0.39, 0.29) is 103 Å². The highest BCUT2D eigenvalue weighted by Gasteiger charge is 2.38. The number of hydrogen-bond donors (Lipinski definition) is 5. The van der Waals surface area contributed by atoms with Gasteiger partial charge in [0, 0.05) is 85.3 Å². The SMILES string of the molecule is CN=C(N)CCCSC1CC(=O)N(CCNC(=O)CN2CCN(CC(=O)O)CCN(CC(=O)O)CCN(CC(=O)O)CC2)C1=O. The zero-order valence-corrected chi connectivity index (χ0v) is 26.6. The second kappa shape index (κ2) is 19.9. The maximum atomic E-state index is 12.9. The normalized spacial score (nSPS) is 20.5. The molecule has 2 aliphatic rings. The van der Waals surface area contributed by atoms with Crippen molar-refractivity contribution < 1.29 is 44.1 Å². The maximum Gasteiger partial charge on any atom is 0.317 e. The predicted octanol–water partition coefficient (Wildman–Crippen LogP) is -2.79. The average Bonchev–Trinajstić information content (AvgIpc) is 3.23. The number of rotatable bonds is 16. The van der Waals surface area contributed by atoms with Crippen LogP contribution in [-0.2, 0) is 28.8 Å². The van der Waals surface area contributed by atoms with Crippen LogP contribution in [0.4, 0.5) is 0 Å². The molecule has 0 aromatic rings. The molecule has 2 aliphatic heterocycles. The first-order valence-corrected chi connectivity index (χ1v) is 15.9. The molecule has 2 heterocycles. The summed E-state index contributed by atoms with van der Waals surface area (Å²) in [4.78, 5) is 84.1. The van der Waals surface area contributed by atoms with Crippen LogP contribution in [0.15, 0.2) is 4.99 Å². The van der Waals surface area contributed by atoms with Gasteiger partial charge in [-0.15, -0.1) is 11.8 Å². The number of carbonyl (C=O) groups is 6. The number of carboxylic acid groups (broad SMARTS) is 3. The summed E-state index contributed by atoms with van der Waals surface area (Å²) in [5.41, 5.74) is 5.69. The van der Waals surface area contributed by atoms with Crippen molar-refractivity contribution in [1.29, 1.82) is 0 Å².